The largest absolute Gasteiger partial charge is 0.369 e. The first-order valence-electron chi connectivity index (χ1n) is 7.85. The lowest BCUT2D eigenvalue weighted by Gasteiger charge is -2.27. The maximum atomic E-state index is 12.3. The van der Waals surface area contributed by atoms with Crippen LogP contribution < -0.4 is 5.73 Å². The Labute approximate surface area is 136 Å². The number of carbonyl (C=O) groups is 2. The summed E-state index contributed by atoms with van der Waals surface area (Å²) in [5.41, 5.74) is 6.69. The van der Waals surface area contributed by atoms with Gasteiger partial charge in [0.05, 0.1) is 5.92 Å². The number of piperidine rings is 1. The van der Waals surface area contributed by atoms with Gasteiger partial charge >= 0.3 is 0 Å². The number of hydrogen-bond donors (Lipinski definition) is 1. The second-order valence-corrected chi connectivity index (χ2v) is 6.78. The average Bonchev–Trinajstić information content (AvgIpc) is 2.55. The fourth-order valence-electron chi connectivity index (χ4n) is 2.62. The number of hydrogen-bond acceptors (Lipinski definition) is 3. The molecular weight excluding hydrogens is 296 g/mol. The Kier molecular flexibility index (Phi) is 6.77. The predicted molar refractivity (Wildman–Crippen MR) is 90.3 cm³/mol. The van der Waals surface area contributed by atoms with Crippen LogP contribution in [0, 0.1) is 5.92 Å². The Bertz CT molecular complexity index is 487. The van der Waals surface area contributed by atoms with Gasteiger partial charge in [0, 0.05) is 31.0 Å². The molecule has 1 aliphatic heterocycles. The van der Waals surface area contributed by atoms with E-state index < -0.39 is 0 Å². The molecule has 1 saturated heterocycles. The lowest BCUT2D eigenvalue weighted by molar-refractivity contribution is -0.135. The van der Waals surface area contributed by atoms with E-state index in [1.807, 2.05) is 23.1 Å². The number of thioether (sulfide) groups is 1. The molecule has 1 aromatic carbocycles. The maximum absolute atomic E-state index is 12.3. The minimum atomic E-state index is -0.372. The van der Waals surface area contributed by atoms with Gasteiger partial charge in [-0.2, -0.15) is 11.8 Å². The molecule has 0 spiro atoms. The monoisotopic (exact) mass is 320 g/mol. The summed E-state index contributed by atoms with van der Waals surface area (Å²) >= 11 is 1.66. The predicted octanol–water partition coefficient (Wildman–Crippen LogP) is 2.42. The summed E-state index contributed by atoms with van der Waals surface area (Å²) < 4.78 is 0. The van der Waals surface area contributed by atoms with Gasteiger partial charge in [0.25, 0.3) is 0 Å². The van der Waals surface area contributed by atoms with E-state index in [4.69, 9.17) is 5.73 Å². The number of primary amides is 1. The van der Waals surface area contributed by atoms with Crippen molar-refractivity contribution in [3.8, 4) is 0 Å². The second kappa shape index (κ2) is 8.83. The minimum absolute atomic E-state index is 0.0730. The quantitative estimate of drug-likeness (QED) is 0.839. The van der Waals surface area contributed by atoms with Gasteiger partial charge in [-0.3, -0.25) is 9.59 Å². The van der Waals surface area contributed by atoms with E-state index in [-0.39, 0.29) is 24.2 Å². The summed E-state index contributed by atoms with van der Waals surface area (Å²) in [5, 5.41) is 0. The van der Waals surface area contributed by atoms with Crippen LogP contribution in [0.3, 0.4) is 0 Å². The Hall–Kier alpha value is -1.49. The highest BCUT2D eigenvalue weighted by Crippen LogP contribution is 2.19. The van der Waals surface area contributed by atoms with E-state index >= 15 is 0 Å². The standard InChI is InChI=1S/C17H24N2O2S/c18-17(21)15(11-16(20)19-9-5-2-6-10-19)13-22-12-14-7-3-1-4-8-14/h1,3-4,7-8,15H,2,5-6,9-13H2,(H2,18,21). The summed E-state index contributed by atoms with van der Waals surface area (Å²) in [6.07, 6.45) is 3.57. The van der Waals surface area contributed by atoms with E-state index in [1.54, 1.807) is 11.8 Å². The van der Waals surface area contributed by atoms with Gasteiger partial charge in [-0.1, -0.05) is 30.3 Å². The molecule has 1 aliphatic rings. The Morgan fingerprint density at radius 2 is 1.82 bits per heavy atom. The van der Waals surface area contributed by atoms with Crippen molar-refractivity contribution in [2.45, 2.75) is 31.4 Å². The SMILES string of the molecule is NC(=O)C(CSCc1ccccc1)CC(=O)N1CCCCC1. The molecule has 2 N–H and O–H groups in total. The summed E-state index contributed by atoms with van der Waals surface area (Å²) in [6, 6.07) is 10.1. The van der Waals surface area contributed by atoms with Gasteiger partial charge in [-0.15, -0.1) is 0 Å². The highest BCUT2D eigenvalue weighted by molar-refractivity contribution is 7.98. The van der Waals surface area contributed by atoms with Crippen LogP contribution in [-0.2, 0) is 15.3 Å². The van der Waals surface area contributed by atoms with Crippen molar-refractivity contribution in [3.63, 3.8) is 0 Å². The summed E-state index contributed by atoms with van der Waals surface area (Å²) in [7, 11) is 0. The topological polar surface area (TPSA) is 63.4 Å². The molecule has 1 aromatic rings. The molecule has 0 aliphatic carbocycles. The molecule has 0 aromatic heterocycles. The van der Waals surface area contributed by atoms with Crippen molar-refractivity contribution in [2.24, 2.45) is 11.7 Å². The smallest absolute Gasteiger partial charge is 0.223 e. The molecule has 1 fully saturated rings. The summed E-state index contributed by atoms with van der Waals surface area (Å²) in [6.45, 7) is 1.64. The molecule has 0 bridgehead atoms. The first-order valence-corrected chi connectivity index (χ1v) is 9.01. The molecule has 1 unspecified atom stereocenters. The number of rotatable bonds is 7. The van der Waals surface area contributed by atoms with E-state index in [0.717, 1.165) is 31.7 Å². The van der Waals surface area contributed by atoms with Gasteiger partial charge in [0.2, 0.25) is 11.8 Å². The van der Waals surface area contributed by atoms with Crippen LogP contribution in [0.5, 0.6) is 0 Å². The third-order valence-corrected chi connectivity index (χ3v) is 5.14. The third-order valence-electron chi connectivity index (χ3n) is 3.96. The fraction of sp³-hybridized carbons (Fsp3) is 0.529. The van der Waals surface area contributed by atoms with Gasteiger partial charge in [-0.05, 0) is 24.8 Å². The Morgan fingerprint density at radius 1 is 1.14 bits per heavy atom. The first-order chi connectivity index (χ1) is 10.7. The van der Waals surface area contributed by atoms with E-state index in [2.05, 4.69) is 12.1 Å². The number of benzene rings is 1. The molecule has 1 atom stereocenters. The fourth-order valence-corrected chi connectivity index (χ4v) is 3.73. The van der Waals surface area contributed by atoms with E-state index in [1.165, 1.54) is 12.0 Å². The van der Waals surface area contributed by atoms with Crippen molar-refractivity contribution < 1.29 is 9.59 Å². The van der Waals surface area contributed by atoms with Crippen LogP contribution in [0.25, 0.3) is 0 Å². The number of carbonyl (C=O) groups excluding carboxylic acids is 2. The van der Waals surface area contributed by atoms with Crippen LogP contribution in [-0.4, -0.2) is 35.6 Å². The molecule has 2 rings (SSSR count). The van der Waals surface area contributed by atoms with Crippen LogP contribution in [0.4, 0.5) is 0 Å². The van der Waals surface area contributed by atoms with Crippen molar-refractivity contribution in [1.82, 2.24) is 4.90 Å². The third kappa shape index (κ3) is 5.37. The number of nitrogens with zero attached hydrogens (tertiary/aromatic N) is 1. The zero-order valence-electron chi connectivity index (χ0n) is 12.9. The van der Waals surface area contributed by atoms with E-state index in [0.29, 0.717) is 5.75 Å². The molecule has 1 heterocycles. The number of likely N-dealkylation sites (tertiary alicyclic amines) is 1. The molecule has 4 nitrogen and oxygen atoms in total. The van der Waals surface area contributed by atoms with Crippen LogP contribution in [0.2, 0.25) is 0 Å². The van der Waals surface area contributed by atoms with Gasteiger partial charge < -0.3 is 10.6 Å². The highest BCUT2D eigenvalue weighted by Gasteiger charge is 2.24. The maximum Gasteiger partial charge on any atom is 0.223 e. The van der Waals surface area contributed by atoms with Crippen LogP contribution >= 0.6 is 11.8 Å². The average molecular weight is 320 g/mol. The van der Waals surface area contributed by atoms with Gasteiger partial charge in [0.15, 0.2) is 0 Å². The Morgan fingerprint density at radius 3 is 2.45 bits per heavy atom. The van der Waals surface area contributed by atoms with Crippen molar-refractivity contribution >= 4 is 23.6 Å². The molecular formula is C17H24N2O2S. The lowest BCUT2D eigenvalue weighted by Crippen LogP contribution is -2.39. The molecule has 22 heavy (non-hydrogen) atoms. The van der Waals surface area contributed by atoms with Gasteiger partial charge in [0.1, 0.15) is 0 Å². The molecule has 120 valence electrons. The van der Waals surface area contributed by atoms with Crippen molar-refractivity contribution in [1.29, 1.82) is 0 Å². The van der Waals surface area contributed by atoms with Gasteiger partial charge in [-0.25, -0.2) is 0 Å². The first kappa shape index (κ1) is 16.9. The highest BCUT2D eigenvalue weighted by atomic mass is 32.2. The molecule has 5 heteroatoms. The molecule has 2 amide bonds. The van der Waals surface area contributed by atoms with Crippen molar-refractivity contribution in [3.05, 3.63) is 35.9 Å². The summed E-state index contributed by atoms with van der Waals surface area (Å²) in [5.74, 6) is 0.768. The lowest BCUT2D eigenvalue weighted by atomic mass is 10.0. The zero-order valence-corrected chi connectivity index (χ0v) is 13.7. The van der Waals surface area contributed by atoms with E-state index in [9.17, 15) is 9.59 Å². The molecule has 0 radical (unpaired) electrons. The Balaban J connectivity index is 1.79. The second-order valence-electron chi connectivity index (χ2n) is 5.75. The minimum Gasteiger partial charge on any atom is -0.369 e. The number of nitrogens with two attached hydrogens (primary N) is 1. The zero-order chi connectivity index (χ0) is 15.8. The normalized spacial score (nSPS) is 16.3. The van der Waals surface area contributed by atoms with Crippen LogP contribution in [0.1, 0.15) is 31.2 Å². The number of amides is 2. The van der Waals surface area contributed by atoms with Crippen LogP contribution in [0.15, 0.2) is 30.3 Å². The van der Waals surface area contributed by atoms with Crippen molar-refractivity contribution in [2.75, 3.05) is 18.8 Å². The molecule has 0 saturated carbocycles. The summed E-state index contributed by atoms with van der Waals surface area (Å²) in [4.78, 5) is 25.7.